The van der Waals surface area contributed by atoms with Gasteiger partial charge in [-0.05, 0) is 22.4 Å². The number of nitrogens with zero attached hydrogens (tertiary/aromatic N) is 3. The summed E-state index contributed by atoms with van der Waals surface area (Å²) in [6, 6.07) is 19.8. The molecule has 2 heterocycles. The van der Waals surface area contributed by atoms with E-state index in [0.29, 0.717) is 18.3 Å². The molecule has 2 aromatic heterocycles. The van der Waals surface area contributed by atoms with E-state index in [1.54, 1.807) is 29.9 Å². The summed E-state index contributed by atoms with van der Waals surface area (Å²) in [7, 11) is 3.55. The van der Waals surface area contributed by atoms with Gasteiger partial charge < -0.3 is 15.2 Å². The quantitative estimate of drug-likeness (QED) is 0.560. The summed E-state index contributed by atoms with van der Waals surface area (Å²) in [5.74, 6) is 1.24. The van der Waals surface area contributed by atoms with Gasteiger partial charge in [0.1, 0.15) is 5.82 Å². The summed E-state index contributed by atoms with van der Waals surface area (Å²) >= 11 is 0. The maximum atomic E-state index is 11.7. The Bertz CT molecular complexity index is 1190. The van der Waals surface area contributed by atoms with Gasteiger partial charge in [-0.3, -0.25) is 4.79 Å². The third-order valence-corrected chi connectivity index (χ3v) is 4.68. The van der Waals surface area contributed by atoms with E-state index in [-0.39, 0.29) is 5.56 Å². The van der Waals surface area contributed by atoms with Crippen LogP contribution in [0.15, 0.2) is 71.7 Å². The summed E-state index contributed by atoms with van der Waals surface area (Å²) in [4.78, 5) is 20.8. The highest BCUT2D eigenvalue weighted by Crippen LogP contribution is 2.22. The van der Waals surface area contributed by atoms with Gasteiger partial charge in [-0.15, -0.1) is 0 Å². The number of rotatable bonds is 5. The van der Waals surface area contributed by atoms with Gasteiger partial charge in [0, 0.05) is 44.5 Å². The number of hydrogen-bond donors (Lipinski definition) is 2. The minimum Gasteiger partial charge on any atom is -0.373 e. The highest BCUT2D eigenvalue weighted by molar-refractivity contribution is 5.85. The molecule has 4 rings (SSSR count). The first-order valence-corrected chi connectivity index (χ1v) is 9.08. The van der Waals surface area contributed by atoms with Crippen molar-refractivity contribution in [1.29, 1.82) is 0 Å². The van der Waals surface area contributed by atoms with Gasteiger partial charge in [-0.25, -0.2) is 4.98 Å². The van der Waals surface area contributed by atoms with Crippen molar-refractivity contribution >= 4 is 22.5 Å². The van der Waals surface area contributed by atoms with Crippen molar-refractivity contribution < 1.29 is 0 Å². The van der Waals surface area contributed by atoms with Crippen molar-refractivity contribution in [2.45, 2.75) is 6.54 Å². The molecule has 0 saturated heterocycles. The van der Waals surface area contributed by atoms with Crippen LogP contribution in [0, 0.1) is 0 Å². The molecule has 0 radical (unpaired) electrons. The van der Waals surface area contributed by atoms with Crippen LogP contribution in [0.3, 0.4) is 0 Å². The molecule has 0 unspecified atom stereocenters. The van der Waals surface area contributed by atoms with Crippen molar-refractivity contribution in [3.63, 3.8) is 0 Å². The fourth-order valence-electron chi connectivity index (χ4n) is 3.17. The summed E-state index contributed by atoms with van der Waals surface area (Å²) in [6.45, 7) is 0.612. The summed E-state index contributed by atoms with van der Waals surface area (Å²) < 4.78 is 1.54. The van der Waals surface area contributed by atoms with Crippen LogP contribution in [0.2, 0.25) is 0 Å². The summed E-state index contributed by atoms with van der Waals surface area (Å²) in [6.07, 6.45) is 1.78. The van der Waals surface area contributed by atoms with E-state index in [4.69, 9.17) is 0 Å². The van der Waals surface area contributed by atoms with Crippen LogP contribution in [0.1, 0.15) is 5.56 Å². The molecular formula is C22H21N5O. The molecular weight excluding hydrogens is 350 g/mol. The van der Waals surface area contributed by atoms with Gasteiger partial charge in [0.2, 0.25) is 11.5 Å². The predicted octanol–water partition coefficient (Wildman–Crippen LogP) is 3.65. The molecule has 140 valence electrons. The predicted molar refractivity (Wildman–Crippen MR) is 114 cm³/mol. The van der Waals surface area contributed by atoms with Gasteiger partial charge >= 0.3 is 0 Å². The number of pyridine rings is 1. The van der Waals surface area contributed by atoms with E-state index >= 15 is 0 Å². The smallest absolute Gasteiger partial charge is 0.250 e. The molecule has 0 saturated carbocycles. The Morgan fingerprint density at radius 1 is 1.00 bits per heavy atom. The molecule has 0 aliphatic carbocycles. The minimum absolute atomic E-state index is 0.0547. The maximum absolute atomic E-state index is 11.7. The number of fused-ring (bicyclic) bond motifs is 1. The van der Waals surface area contributed by atoms with Gasteiger partial charge in [0.05, 0.1) is 5.69 Å². The van der Waals surface area contributed by atoms with Gasteiger partial charge in [-0.2, -0.15) is 4.98 Å². The van der Waals surface area contributed by atoms with E-state index in [1.807, 2.05) is 25.2 Å². The SMILES string of the molecule is CNc1cc(-c2ccc(=O)n(C)c2)nc(NCc2cccc3ccccc23)n1. The van der Waals surface area contributed by atoms with Crippen molar-refractivity contribution in [3.8, 4) is 11.3 Å². The number of benzene rings is 2. The van der Waals surface area contributed by atoms with Gasteiger partial charge in [0.25, 0.3) is 0 Å². The van der Waals surface area contributed by atoms with Gasteiger partial charge in [0.15, 0.2) is 0 Å². The zero-order chi connectivity index (χ0) is 19.5. The van der Waals surface area contributed by atoms with Crippen LogP contribution < -0.4 is 16.2 Å². The average molecular weight is 371 g/mol. The lowest BCUT2D eigenvalue weighted by molar-refractivity contribution is 0.861. The molecule has 6 nitrogen and oxygen atoms in total. The van der Waals surface area contributed by atoms with Crippen LogP contribution in [0.4, 0.5) is 11.8 Å². The Morgan fingerprint density at radius 2 is 1.82 bits per heavy atom. The first-order chi connectivity index (χ1) is 13.6. The maximum Gasteiger partial charge on any atom is 0.250 e. The lowest BCUT2D eigenvalue weighted by Crippen LogP contribution is -2.14. The highest BCUT2D eigenvalue weighted by atomic mass is 16.1. The topological polar surface area (TPSA) is 71.8 Å². The molecule has 2 N–H and O–H groups in total. The van der Waals surface area contributed by atoms with Crippen molar-refractivity contribution in [1.82, 2.24) is 14.5 Å². The second kappa shape index (κ2) is 7.52. The zero-order valence-corrected chi connectivity index (χ0v) is 15.8. The average Bonchev–Trinajstić information content (AvgIpc) is 2.74. The number of aryl methyl sites for hydroxylation is 1. The van der Waals surface area contributed by atoms with E-state index in [1.165, 1.54) is 16.3 Å². The molecule has 28 heavy (non-hydrogen) atoms. The Labute approximate surface area is 162 Å². The Hall–Kier alpha value is -3.67. The fraction of sp³-hybridized carbons (Fsp3) is 0.136. The van der Waals surface area contributed by atoms with Crippen LogP contribution in [0.25, 0.3) is 22.0 Å². The van der Waals surface area contributed by atoms with Crippen LogP contribution in [0.5, 0.6) is 0 Å². The second-order valence-electron chi connectivity index (χ2n) is 6.57. The first-order valence-electron chi connectivity index (χ1n) is 9.08. The lowest BCUT2D eigenvalue weighted by atomic mass is 10.0. The number of hydrogen-bond acceptors (Lipinski definition) is 5. The Balaban J connectivity index is 1.66. The van der Waals surface area contributed by atoms with Crippen LogP contribution >= 0.6 is 0 Å². The molecule has 0 spiro atoms. The molecule has 0 atom stereocenters. The number of anilines is 2. The molecule has 6 heteroatoms. The molecule has 0 aliphatic rings. The van der Waals surface area contributed by atoms with Crippen molar-refractivity contribution in [2.24, 2.45) is 7.05 Å². The molecule has 0 fully saturated rings. The van der Waals surface area contributed by atoms with E-state index in [9.17, 15) is 4.79 Å². The normalized spacial score (nSPS) is 10.8. The number of aromatic nitrogens is 3. The third-order valence-electron chi connectivity index (χ3n) is 4.68. The van der Waals surface area contributed by atoms with Crippen LogP contribution in [-0.2, 0) is 13.6 Å². The summed E-state index contributed by atoms with van der Waals surface area (Å²) in [5, 5.41) is 8.82. The zero-order valence-electron chi connectivity index (χ0n) is 15.8. The Morgan fingerprint density at radius 3 is 2.64 bits per heavy atom. The first kappa shape index (κ1) is 17.7. The van der Waals surface area contributed by atoms with E-state index in [0.717, 1.165) is 11.3 Å². The number of nitrogens with one attached hydrogen (secondary N) is 2. The standard InChI is InChI=1S/C22H21N5O/c1-23-20-12-19(17-10-11-21(28)27(2)14-17)25-22(26-20)24-13-16-8-5-7-15-6-3-4-9-18(15)16/h3-12,14H,13H2,1-2H3,(H2,23,24,25,26). The Kier molecular flexibility index (Phi) is 4.76. The lowest BCUT2D eigenvalue weighted by Gasteiger charge is -2.11. The molecule has 4 aromatic rings. The fourth-order valence-corrected chi connectivity index (χ4v) is 3.17. The third kappa shape index (κ3) is 3.57. The summed E-state index contributed by atoms with van der Waals surface area (Å²) in [5.41, 5.74) is 2.73. The highest BCUT2D eigenvalue weighted by Gasteiger charge is 2.08. The van der Waals surface area contributed by atoms with Crippen LogP contribution in [-0.4, -0.2) is 21.6 Å². The monoisotopic (exact) mass is 371 g/mol. The van der Waals surface area contributed by atoms with Gasteiger partial charge in [-0.1, -0.05) is 42.5 Å². The van der Waals surface area contributed by atoms with Crippen molar-refractivity contribution in [2.75, 3.05) is 17.7 Å². The molecule has 0 bridgehead atoms. The molecule has 0 amide bonds. The second-order valence-corrected chi connectivity index (χ2v) is 6.57. The minimum atomic E-state index is -0.0547. The van der Waals surface area contributed by atoms with Crippen molar-refractivity contribution in [3.05, 3.63) is 82.8 Å². The molecule has 0 aliphatic heterocycles. The van der Waals surface area contributed by atoms with E-state index in [2.05, 4.69) is 50.9 Å². The largest absolute Gasteiger partial charge is 0.373 e. The molecule has 2 aromatic carbocycles. The van der Waals surface area contributed by atoms with E-state index < -0.39 is 0 Å².